The zero-order chi connectivity index (χ0) is 21.3. The zero-order valence-electron chi connectivity index (χ0n) is 17.1. The highest BCUT2D eigenvalue weighted by atomic mass is 32.1. The van der Waals surface area contributed by atoms with Crippen LogP contribution in [0.1, 0.15) is 29.5 Å². The first-order valence-electron chi connectivity index (χ1n) is 10.2. The number of nitrogens with zero attached hydrogens (tertiary/aromatic N) is 1. The van der Waals surface area contributed by atoms with E-state index in [1.165, 1.54) is 16.9 Å². The molecule has 0 spiro atoms. The Morgan fingerprint density at radius 2 is 1.77 bits per heavy atom. The number of carbonyl (C=O) groups excluding carboxylic acids is 1. The lowest BCUT2D eigenvalue weighted by Crippen LogP contribution is -2.37. The summed E-state index contributed by atoms with van der Waals surface area (Å²) in [6.07, 6.45) is 2.33. The van der Waals surface area contributed by atoms with Crippen molar-refractivity contribution in [3.8, 4) is 11.5 Å². The van der Waals surface area contributed by atoms with Crippen LogP contribution in [-0.2, 0) is 11.2 Å². The number of carbonyl (C=O) groups is 1. The number of rotatable bonds is 5. The molecule has 0 unspecified atom stereocenters. The lowest BCUT2D eigenvalue weighted by Gasteiger charge is -2.30. The van der Waals surface area contributed by atoms with Crippen molar-refractivity contribution in [3.05, 3.63) is 107 Å². The fraction of sp³-hybridized carbons (Fsp3) is 0.154. The molecule has 1 heterocycles. The number of benzene rings is 3. The summed E-state index contributed by atoms with van der Waals surface area (Å²) in [5, 5.41) is 5.52. The van der Waals surface area contributed by atoms with E-state index in [1.807, 2.05) is 66.9 Å². The highest BCUT2D eigenvalue weighted by Crippen LogP contribution is 2.52. The molecule has 0 radical (unpaired) electrons. The van der Waals surface area contributed by atoms with Crippen LogP contribution in [0, 0.1) is 5.41 Å². The van der Waals surface area contributed by atoms with Gasteiger partial charge >= 0.3 is 0 Å². The summed E-state index contributed by atoms with van der Waals surface area (Å²) in [7, 11) is 0. The molecule has 1 aliphatic rings. The van der Waals surface area contributed by atoms with E-state index in [-0.39, 0.29) is 11.8 Å². The Balaban J connectivity index is 1.52. The number of ether oxygens (including phenoxy) is 1. The lowest BCUT2D eigenvalue weighted by atomic mass is 9.73. The Labute approximate surface area is 185 Å². The minimum atomic E-state index is -0.638. The van der Waals surface area contributed by atoms with E-state index in [9.17, 15) is 4.79 Å². The Bertz CT molecular complexity index is 1190. The molecular formula is C26H22N2O2S. The van der Waals surface area contributed by atoms with Crippen molar-refractivity contribution in [2.75, 3.05) is 5.32 Å². The van der Waals surface area contributed by atoms with Gasteiger partial charge in [-0.25, -0.2) is 4.98 Å². The van der Waals surface area contributed by atoms with Gasteiger partial charge in [-0.05, 0) is 54.3 Å². The van der Waals surface area contributed by atoms with Crippen LogP contribution in [0.3, 0.4) is 0 Å². The summed E-state index contributed by atoms with van der Waals surface area (Å²) in [5.41, 5.74) is 2.80. The zero-order valence-corrected chi connectivity index (χ0v) is 17.9. The molecule has 0 fully saturated rings. The number of anilines is 1. The van der Waals surface area contributed by atoms with Gasteiger partial charge in [-0.3, -0.25) is 4.79 Å². The average Bonchev–Trinajstić information content (AvgIpc) is 3.40. The molecule has 0 saturated carbocycles. The van der Waals surface area contributed by atoms with Gasteiger partial charge in [0.15, 0.2) is 5.13 Å². The normalized spacial score (nSPS) is 19.6. The van der Waals surface area contributed by atoms with E-state index in [0.717, 1.165) is 22.6 Å². The molecule has 4 aromatic rings. The van der Waals surface area contributed by atoms with Crippen molar-refractivity contribution in [1.29, 1.82) is 0 Å². The summed E-state index contributed by atoms with van der Waals surface area (Å²) in [4.78, 5) is 17.7. The fourth-order valence-corrected chi connectivity index (χ4v) is 5.00. The number of para-hydroxylation sites is 1. The quantitative estimate of drug-likeness (QED) is 0.409. The third-order valence-corrected chi connectivity index (χ3v) is 6.59. The van der Waals surface area contributed by atoms with Crippen molar-refractivity contribution in [3.63, 3.8) is 0 Å². The van der Waals surface area contributed by atoms with Crippen molar-refractivity contribution < 1.29 is 9.53 Å². The second-order valence-electron chi connectivity index (χ2n) is 8.01. The molecule has 5 rings (SSSR count). The van der Waals surface area contributed by atoms with E-state index in [0.29, 0.717) is 11.6 Å². The number of fused-ring (bicyclic) bond motifs is 1. The molecule has 1 amide bonds. The van der Waals surface area contributed by atoms with Gasteiger partial charge in [-0.1, -0.05) is 54.6 Å². The summed E-state index contributed by atoms with van der Waals surface area (Å²) in [6, 6.07) is 26.2. The van der Waals surface area contributed by atoms with Crippen LogP contribution in [-0.4, -0.2) is 10.9 Å². The van der Waals surface area contributed by atoms with Crippen molar-refractivity contribution in [2.24, 2.45) is 5.41 Å². The summed E-state index contributed by atoms with van der Waals surface area (Å²) >= 11 is 1.43. The lowest BCUT2D eigenvalue weighted by molar-refractivity contribution is -0.125. The molecule has 0 bridgehead atoms. The molecule has 31 heavy (non-hydrogen) atoms. The Morgan fingerprint density at radius 1 is 1.03 bits per heavy atom. The van der Waals surface area contributed by atoms with Crippen LogP contribution in [0.5, 0.6) is 11.5 Å². The molecule has 154 valence electrons. The van der Waals surface area contributed by atoms with Crippen LogP contribution in [0.15, 0.2) is 90.4 Å². The van der Waals surface area contributed by atoms with Crippen LogP contribution in [0.25, 0.3) is 0 Å². The first-order chi connectivity index (χ1) is 15.1. The largest absolute Gasteiger partial charge is 0.457 e. The van der Waals surface area contributed by atoms with Gasteiger partial charge in [0.25, 0.3) is 0 Å². The van der Waals surface area contributed by atoms with Gasteiger partial charge in [0, 0.05) is 17.5 Å². The SMILES string of the molecule is C[C@@]1(C(=O)Nc2nccs2)Cc2cc(Oc3ccccc3)ccc2[C@@H]1c1ccccc1. The first-order valence-corrected chi connectivity index (χ1v) is 11.1. The average molecular weight is 427 g/mol. The predicted molar refractivity (Wildman–Crippen MR) is 124 cm³/mol. The van der Waals surface area contributed by atoms with Gasteiger partial charge < -0.3 is 10.1 Å². The topological polar surface area (TPSA) is 51.2 Å². The third-order valence-electron chi connectivity index (χ3n) is 5.90. The second-order valence-corrected chi connectivity index (χ2v) is 8.90. The number of aromatic nitrogens is 1. The third kappa shape index (κ3) is 3.73. The maximum absolute atomic E-state index is 13.5. The monoisotopic (exact) mass is 426 g/mol. The van der Waals surface area contributed by atoms with Gasteiger partial charge in [-0.2, -0.15) is 0 Å². The molecule has 4 nitrogen and oxygen atoms in total. The minimum Gasteiger partial charge on any atom is -0.457 e. The highest BCUT2D eigenvalue weighted by molar-refractivity contribution is 7.13. The Morgan fingerprint density at radius 3 is 2.48 bits per heavy atom. The number of thiazole rings is 1. The smallest absolute Gasteiger partial charge is 0.233 e. The fourth-order valence-electron chi connectivity index (χ4n) is 4.48. The molecule has 5 heteroatoms. The molecule has 3 aromatic carbocycles. The number of nitrogens with one attached hydrogen (secondary N) is 1. The number of hydrogen-bond donors (Lipinski definition) is 1. The predicted octanol–water partition coefficient (Wildman–Crippen LogP) is 6.27. The molecular weight excluding hydrogens is 404 g/mol. The molecule has 2 atom stereocenters. The van der Waals surface area contributed by atoms with E-state index < -0.39 is 5.41 Å². The van der Waals surface area contributed by atoms with Crippen LogP contribution in [0.2, 0.25) is 0 Å². The van der Waals surface area contributed by atoms with Gasteiger partial charge in [-0.15, -0.1) is 11.3 Å². The second kappa shape index (κ2) is 8.00. The number of hydrogen-bond acceptors (Lipinski definition) is 4. The van der Waals surface area contributed by atoms with Crippen molar-refractivity contribution in [1.82, 2.24) is 4.98 Å². The Hall–Kier alpha value is -3.44. The first kappa shape index (κ1) is 19.5. The van der Waals surface area contributed by atoms with Gasteiger partial charge in [0.05, 0.1) is 5.41 Å². The van der Waals surface area contributed by atoms with Crippen LogP contribution >= 0.6 is 11.3 Å². The summed E-state index contributed by atoms with van der Waals surface area (Å²) in [6.45, 7) is 2.05. The standard InChI is InChI=1S/C26H22N2O2S/c1-26(24(29)28-25-27-14-15-31-25)17-19-16-21(30-20-10-6-3-7-11-20)12-13-22(19)23(26)18-8-4-2-5-9-18/h2-16,23H,17H2,1H3,(H,27,28,29)/t23-,26+/m0/s1. The highest BCUT2D eigenvalue weighted by Gasteiger charge is 2.49. The molecule has 1 N–H and O–H groups in total. The van der Waals surface area contributed by atoms with E-state index in [1.54, 1.807) is 6.20 Å². The summed E-state index contributed by atoms with van der Waals surface area (Å²) < 4.78 is 6.05. The summed E-state index contributed by atoms with van der Waals surface area (Å²) in [5.74, 6) is 1.51. The molecule has 1 aromatic heterocycles. The maximum atomic E-state index is 13.5. The molecule has 0 aliphatic heterocycles. The maximum Gasteiger partial charge on any atom is 0.233 e. The van der Waals surface area contributed by atoms with Crippen molar-refractivity contribution in [2.45, 2.75) is 19.3 Å². The van der Waals surface area contributed by atoms with Crippen LogP contribution in [0.4, 0.5) is 5.13 Å². The van der Waals surface area contributed by atoms with Crippen molar-refractivity contribution >= 4 is 22.4 Å². The van der Waals surface area contributed by atoms with Crippen LogP contribution < -0.4 is 10.1 Å². The van der Waals surface area contributed by atoms with E-state index in [2.05, 4.69) is 34.6 Å². The van der Waals surface area contributed by atoms with E-state index in [4.69, 9.17) is 4.74 Å². The van der Waals surface area contributed by atoms with E-state index >= 15 is 0 Å². The number of amides is 1. The van der Waals surface area contributed by atoms with Gasteiger partial charge in [0.1, 0.15) is 11.5 Å². The minimum absolute atomic E-state index is 0.0157. The molecule has 0 saturated heterocycles. The Kier molecular flexibility index (Phi) is 5.04. The van der Waals surface area contributed by atoms with Gasteiger partial charge in [0.2, 0.25) is 5.91 Å². The molecule has 1 aliphatic carbocycles.